The second-order valence-electron chi connectivity index (χ2n) is 4.10. The first-order valence-corrected chi connectivity index (χ1v) is 7.39. The van der Waals surface area contributed by atoms with E-state index in [0.717, 1.165) is 22.6 Å². The first kappa shape index (κ1) is 14.7. The summed E-state index contributed by atoms with van der Waals surface area (Å²) in [5.74, 6) is 5.65. The summed E-state index contributed by atoms with van der Waals surface area (Å²) in [5.41, 5.74) is 4.72. The van der Waals surface area contributed by atoms with Gasteiger partial charge >= 0.3 is 0 Å². The van der Waals surface area contributed by atoms with E-state index in [0.29, 0.717) is 16.5 Å². The highest BCUT2D eigenvalue weighted by atomic mass is 35.5. The molecule has 3 N–H and O–H groups in total. The molecule has 1 aromatic heterocycles. The van der Waals surface area contributed by atoms with Gasteiger partial charge in [-0.2, -0.15) is 0 Å². The van der Waals surface area contributed by atoms with Crippen LogP contribution in [0.1, 0.15) is 29.1 Å². The zero-order valence-electron chi connectivity index (χ0n) is 10.4. The van der Waals surface area contributed by atoms with Crippen LogP contribution < -0.4 is 11.3 Å². The summed E-state index contributed by atoms with van der Waals surface area (Å²) in [5, 5.41) is 5.44. The second kappa shape index (κ2) is 6.63. The number of benzene rings is 1. The number of rotatable bonds is 5. The van der Waals surface area contributed by atoms with Gasteiger partial charge < -0.3 is 0 Å². The van der Waals surface area contributed by atoms with Crippen molar-refractivity contribution in [2.45, 2.75) is 25.8 Å². The van der Waals surface area contributed by atoms with Crippen LogP contribution in [0.3, 0.4) is 0 Å². The van der Waals surface area contributed by atoms with Gasteiger partial charge in [0.05, 0.1) is 16.6 Å². The number of nitrogens with two attached hydrogens (primary N) is 1. The van der Waals surface area contributed by atoms with E-state index in [9.17, 15) is 0 Å². The Hall–Kier alpha value is -0.720. The zero-order chi connectivity index (χ0) is 13.8. The maximum absolute atomic E-state index is 6.18. The molecule has 0 saturated heterocycles. The average Bonchev–Trinajstić information content (AvgIpc) is 2.88. The van der Waals surface area contributed by atoms with E-state index >= 15 is 0 Å². The number of aromatic nitrogens is 2. The van der Waals surface area contributed by atoms with Gasteiger partial charge in [-0.15, -0.1) is 5.10 Å². The van der Waals surface area contributed by atoms with Gasteiger partial charge in [-0.25, -0.2) is 0 Å². The van der Waals surface area contributed by atoms with Crippen LogP contribution in [0, 0.1) is 0 Å². The number of nitrogens with zero attached hydrogens (tertiary/aromatic N) is 2. The molecule has 0 bridgehead atoms. The van der Waals surface area contributed by atoms with Crippen LogP contribution >= 0.6 is 34.7 Å². The molecule has 0 aliphatic carbocycles. The molecule has 0 fully saturated rings. The molecule has 1 atom stereocenters. The molecule has 0 aliphatic rings. The first-order valence-electron chi connectivity index (χ1n) is 5.86. The topological polar surface area (TPSA) is 63.8 Å². The normalized spacial score (nSPS) is 12.6. The van der Waals surface area contributed by atoms with E-state index in [2.05, 4.69) is 15.0 Å². The van der Waals surface area contributed by atoms with Gasteiger partial charge in [0.1, 0.15) is 0 Å². The molecule has 0 saturated carbocycles. The van der Waals surface area contributed by atoms with E-state index in [4.69, 9.17) is 29.0 Å². The predicted molar refractivity (Wildman–Crippen MR) is 79.5 cm³/mol. The van der Waals surface area contributed by atoms with Gasteiger partial charge in [-0.1, -0.05) is 34.6 Å². The minimum Gasteiger partial charge on any atom is -0.271 e. The third-order valence-corrected chi connectivity index (χ3v) is 4.35. The number of hydrogen-bond acceptors (Lipinski definition) is 5. The minimum absolute atomic E-state index is 0.0640. The molecular weight excluding hydrogens is 303 g/mol. The highest BCUT2D eigenvalue weighted by Crippen LogP contribution is 2.28. The summed E-state index contributed by atoms with van der Waals surface area (Å²) in [7, 11) is 0. The van der Waals surface area contributed by atoms with Gasteiger partial charge in [0, 0.05) is 10.0 Å². The molecule has 102 valence electrons. The summed E-state index contributed by atoms with van der Waals surface area (Å²) in [6.45, 7) is 2.04. The van der Waals surface area contributed by atoms with E-state index in [1.807, 2.05) is 13.0 Å². The van der Waals surface area contributed by atoms with E-state index in [1.54, 1.807) is 12.1 Å². The number of hydrazine groups is 1. The fourth-order valence-corrected chi connectivity index (χ4v) is 3.06. The van der Waals surface area contributed by atoms with Crippen LogP contribution in [0.2, 0.25) is 10.0 Å². The van der Waals surface area contributed by atoms with Crippen LogP contribution in [0.25, 0.3) is 0 Å². The van der Waals surface area contributed by atoms with E-state index in [1.165, 1.54) is 11.5 Å². The summed E-state index contributed by atoms with van der Waals surface area (Å²) >= 11 is 13.5. The molecule has 0 amide bonds. The van der Waals surface area contributed by atoms with Gasteiger partial charge in [-0.05, 0) is 48.1 Å². The van der Waals surface area contributed by atoms with Crippen LogP contribution in [-0.4, -0.2) is 9.59 Å². The van der Waals surface area contributed by atoms with Crippen molar-refractivity contribution in [2.75, 3.05) is 0 Å². The molecule has 0 radical (unpaired) electrons. The lowest BCUT2D eigenvalue weighted by molar-refractivity contribution is 0.555. The van der Waals surface area contributed by atoms with Crippen LogP contribution in [0.4, 0.5) is 0 Å². The highest BCUT2D eigenvalue weighted by Gasteiger charge is 2.19. The Labute approximate surface area is 126 Å². The van der Waals surface area contributed by atoms with Crippen LogP contribution in [-0.2, 0) is 12.8 Å². The Bertz CT molecular complexity index is 558. The largest absolute Gasteiger partial charge is 0.271 e. The lowest BCUT2D eigenvalue weighted by Gasteiger charge is -2.16. The van der Waals surface area contributed by atoms with Crippen molar-refractivity contribution >= 4 is 34.7 Å². The molecule has 1 aromatic carbocycles. The van der Waals surface area contributed by atoms with Crippen molar-refractivity contribution in [1.29, 1.82) is 0 Å². The van der Waals surface area contributed by atoms with E-state index < -0.39 is 0 Å². The standard InChI is InChI=1S/C12H14Cl2N4S/c1-2-10-12(19-18-17-10)11(16-15)6-7-5-8(13)3-4-9(7)14/h3-5,11,16H,2,6,15H2,1H3. The van der Waals surface area contributed by atoms with E-state index in [-0.39, 0.29) is 6.04 Å². The first-order chi connectivity index (χ1) is 9.15. The maximum atomic E-state index is 6.18. The van der Waals surface area contributed by atoms with Gasteiger partial charge in [0.2, 0.25) is 0 Å². The second-order valence-corrected chi connectivity index (χ2v) is 5.73. The monoisotopic (exact) mass is 316 g/mol. The molecule has 2 aromatic rings. The molecule has 1 heterocycles. The number of hydrogen-bond donors (Lipinski definition) is 2. The Balaban J connectivity index is 2.26. The summed E-state index contributed by atoms with van der Waals surface area (Å²) in [4.78, 5) is 1.04. The quantitative estimate of drug-likeness (QED) is 0.657. The minimum atomic E-state index is -0.0640. The van der Waals surface area contributed by atoms with Crippen molar-refractivity contribution in [1.82, 2.24) is 15.0 Å². The molecule has 19 heavy (non-hydrogen) atoms. The zero-order valence-corrected chi connectivity index (χ0v) is 12.7. The van der Waals surface area contributed by atoms with Gasteiger partial charge in [0.15, 0.2) is 0 Å². The number of aryl methyl sites for hydroxylation is 1. The van der Waals surface area contributed by atoms with Crippen molar-refractivity contribution in [3.05, 3.63) is 44.4 Å². The van der Waals surface area contributed by atoms with Crippen molar-refractivity contribution in [3.8, 4) is 0 Å². The lowest BCUT2D eigenvalue weighted by atomic mass is 10.0. The molecule has 4 nitrogen and oxygen atoms in total. The number of nitrogens with one attached hydrogen (secondary N) is 1. The number of halogens is 2. The van der Waals surface area contributed by atoms with Crippen molar-refractivity contribution in [2.24, 2.45) is 5.84 Å². The summed E-state index contributed by atoms with van der Waals surface area (Å²) in [6, 6.07) is 5.35. The smallest absolute Gasteiger partial charge is 0.0801 e. The third kappa shape index (κ3) is 3.43. The van der Waals surface area contributed by atoms with Crippen molar-refractivity contribution < 1.29 is 0 Å². The van der Waals surface area contributed by atoms with Crippen molar-refractivity contribution in [3.63, 3.8) is 0 Å². The predicted octanol–water partition coefficient (Wildman–Crippen LogP) is 3.15. The molecule has 0 aliphatic heterocycles. The maximum Gasteiger partial charge on any atom is 0.0801 e. The van der Waals surface area contributed by atoms with Gasteiger partial charge in [-0.3, -0.25) is 11.3 Å². The Morgan fingerprint density at radius 1 is 1.42 bits per heavy atom. The fraction of sp³-hybridized carbons (Fsp3) is 0.333. The SMILES string of the molecule is CCc1nnsc1C(Cc1cc(Cl)ccc1Cl)NN. The fourth-order valence-electron chi connectivity index (χ4n) is 1.87. The third-order valence-electron chi connectivity index (χ3n) is 2.87. The lowest BCUT2D eigenvalue weighted by Crippen LogP contribution is -2.29. The Kier molecular flexibility index (Phi) is 5.13. The van der Waals surface area contributed by atoms with Gasteiger partial charge in [0.25, 0.3) is 0 Å². The van der Waals surface area contributed by atoms with Crippen LogP contribution in [0.15, 0.2) is 18.2 Å². The highest BCUT2D eigenvalue weighted by molar-refractivity contribution is 7.05. The van der Waals surface area contributed by atoms with Crippen LogP contribution in [0.5, 0.6) is 0 Å². The summed E-state index contributed by atoms with van der Waals surface area (Å²) < 4.78 is 3.98. The Morgan fingerprint density at radius 2 is 2.21 bits per heavy atom. The molecular formula is C12H14Cl2N4S. The summed E-state index contributed by atoms with van der Waals surface area (Å²) in [6.07, 6.45) is 1.47. The molecule has 1 unspecified atom stereocenters. The Morgan fingerprint density at radius 3 is 2.89 bits per heavy atom. The molecule has 0 spiro atoms. The molecule has 2 rings (SSSR count). The molecule has 7 heteroatoms. The average molecular weight is 317 g/mol.